The fraction of sp³-hybridized carbons (Fsp3) is 0.150. The highest BCUT2D eigenvalue weighted by atomic mass is 35.5. The molecule has 2 rings (SSSR count). The summed E-state index contributed by atoms with van der Waals surface area (Å²) in [6.07, 6.45) is 5.12. The van der Waals surface area contributed by atoms with Crippen LogP contribution in [0.1, 0.15) is 18.1 Å². The average Bonchev–Trinajstić information content (AvgIpc) is 2.58. The molecule has 0 fully saturated rings. The first-order valence-electron chi connectivity index (χ1n) is 7.80. The lowest BCUT2D eigenvalue weighted by Crippen LogP contribution is -2.11. The Kier molecular flexibility index (Phi) is 7.11. The molecule has 0 atom stereocenters. The van der Waals surface area contributed by atoms with Gasteiger partial charge in [0.05, 0.1) is 0 Å². The first kappa shape index (κ1) is 19.1. The van der Waals surface area contributed by atoms with Gasteiger partial charge in [0.25, 0.3) is 0 Å². The predicted octanol–water partition coefficient (Wildman–Crippen LogP) is 4.33. The standard InChI is InChI=1S/C20H19Cl2NO2/c1-3-25-20(24)14-23(2)13-12-19(15-4-8-17(21)9-5-15)16-6-10-18(22)11-7-16/h4-14H,3H2,1-2H3/b20-14+,23-13?. The molecule has 3 nitrogen and oxygen atoms in total. The molecule has 0 radical (unpaired) electrons. The van der Waals surface area contributed by atoms with Crippen molar-refractivity contribution in [2.75, 3.05) is 13.7 Å². The van der Waals surface area contributed by atoms with Crippen molar-refractivity contribution in [2.24, 2.45) is 0 Å². The van der Waals surface area contributed by atoms with Gasteiger partial charge in [0.15, 0.2) is 12.4 Å². The second-order valence-electron chi connectivity index (χ2n) is 5.29. The number of hydrogen-bond acceptors (Lipinski definition) is 2. The first-order valence-corrected chi connectivity index (χ1v) is 8.55. The van der Waals surface area contributed by atoms with Crippen LogP contribution in [0.3, 0.4) is 0 Å². The molecule has 0 unspecified atom stereocenters. The Morgan fingerprint density at radius 3 is 1.92 bits per heavy atom. The van der Waals surface area contributed by atoms with Gasteiger partial charge in [0.1, 0.15) is 13.0 Å². The van der Waals surface area contributed by atoms with E-state index in [9.17, 15) is 5.11 Å². The van der Waals surface area contributed by atoms with Gasteiger partial charge in [-0.3, -0.25) is 0 Å². The SMILES string of the molecule is CCO/C([O-])=C/[N+](C)=CC=C(c1ccc(Cl)cc1)c1ccc(Cl)cc1. The van der Waals surface area contributed by atoms with Gasteiger partial charge >= 0.3 is 0 Å². The van der Waals surface area contributed by atoms with Crippen molar-refractivity contribution in [1.82, 2.24) is 0 Å². The minimum Gasteiger partial charge on any atom is -0.610 e. The van der Waals surface area contributed by atoms with Crippen molar-refractivity contribution < 1.29 is 14.4 Å². The van der Waals surface area contributed by atoms with Crippen LogP contribution < -0.4 is 5.11 Å². The third kappa shape index (κ3) is 5.96. The minimum absolute atomic E-state index is 0.347. The maximum absolute atomic E-state index is 11.5. The van der Waals surface area contributed by atoms with Gasteiger partial charge < -0.3 is 9.84 Å². The molecule has 0 aliphatic rings. The van der Waals surface area contributed by atoms with Crippen molar-refractivity contribution in [3.8, 4) is 0 Å². The highest BCUT2D eigenvalue weighted by Crippen LogP contribution is 2.25. The topological polar surface area (TPSA) is 35.3 Å². The van der Waals surface area contributed by atoms with Crippen molar-refractivity contribution >= 4 is 35.0 Å². The molecule has 0 aromatic heterocycles. The molecule has 0 amide bonds. The Balaban J connectivity index is 2.42. The lowest BCUT2D eigenvalue weighted by Gasteiger charge is -2.09. The van der Waals surface area contributed by atoms with E-state index >= 15 is 0 Å². The molecular weight excluding hydrogens is 357 g/mol. The van der Waals surface area contributed by atoms with E-state index in [0.29, 0.717) is 16.7 Å². The van der Waals surface area contributed by atoms with Crippen LogP contribution in [0.5, 0.6) is 0 Å². The molecule has 25 heavy (non-hydrogen) atoms. The van der Waals surface area contributed by atoms with Gasteiger partial charge in [0, 0.05) is 16.1 Å². The second-order valence-corrected chi connectivity index (χ2v) is 6.16. The lowest BCUT2D eigenvalue weighted by molar-refractivity contribution is -0.444. The third-order valence-corrected chi connectivity index (χ3v) is 3.89. The van der Waals surface area contributed by atoms with Gasteiger partial charge in [-0.25, -0.2) is 4.58 Å². The Bertz CT molecular complexity index is 744. The fourth-order valence-corrected chi connectivity index (χ4v) is 2.45. The van der Waals surface area contributed by atoms with Crippen molar-refractivity contribution in [3.05, 3.63) is 87.9 Å². The summed E-state index contributed by atoms with van der Waals surface area (Å²) in [7, 11) is 1.77. The van der Waals surface area contributed by atoms with Crippen LogP contribution >= 0.6 is 23.2 Å². The van der Waals surface area contributed by atoms with Crippen LogP contribution in [0, 0.1) is 0 Å². The summed E-state index contributed by atoms with van der Waals surface area (Å²) >= 11 is 12.0. The Labute approximate surface area is 158 Å². The zero-order chi connectivity index (χ0) is 18.2. The van der Waals surface area contributed by atoms with Crippen molar-refractivity contribution in [3.63, 3.8) is 0 Å². The van der Waals surface area contributed by atoms with Gasteiger partial charge in [-0.15, -0.1) is 0 Å². The Morgan fingerprint density at radius 1 is 1.00 bits per heavy atom. The average molecular weight is 376 g/mol. The summed E-state index contributed by atoms with van der Waals surface area (Å²) < 4.78 is 6.57. The lowest BCUT2D eigenvalue weighted by atomic mass is 9.98. The van der Waals surface area contributed by atoms with Crippen molar-refractivity contribution in [2.45, 2.75) is 6.92 Å². The molecule has 0 aliphatic heterocycles. The summed E-state index contributed by atoms with van der Waals surface area (Å²) in [5, 5.41) is 12.9. The number of benzene rings is 2. The molecule has 2 aromatic carbocycles. The molecular formula is C20H19Cl2NO2. The Morgan fingerprint density at radius 2 is 1.48 bits per heavy atom. The Hall–Kier alpha value is -2.23. The van der Waals surface area contributed by atoms with E-state index in [0.717, 1.165) is 16.7 Å². The zero-order valence-corrected chi connectivity index (χ0v) is 15.6. The van der Waals surface area contributed by atoms with E-state index in [-0.39, 0.29) is 5.95 Å². The molecule has 0 N–H and O–H groups in total. The van der Waals surface area contributed by atoms with Crippen LogP contribution in [0.4, 0.5) is 0 Å². The zero-order valence-electron chi connectivity index (χ0n) is 14.1. The van der Waals surface area contributed by atoms with E-state index in [1.807, 2.05) is 54.6 Å². The second kappa shape index (κ2) is 9.30. The number of allylic oxidation sites excluding steroid dienone is 1. The van der Waals surface area contributed by atoms with E-state index in [4.69, 9.17) is 27.9 Å². The normalized spacial score (nSPS) is 12.0. The van der Waals surface area contributed by atoms with Crippen LogP contribution in [-0.4, -0.2) is 24.4 Å². The van der Waals surface area contributed by atoms with E-state index < -0.39 is 0 Å². The summed E-state index contributed by atoms with van der Waals surface area (Å²) in [5.74, 6) is -0.380. The monoisotopic (exact) mass is 375 g/mol. The van der Waals surface area contributed by atoms with Gasteiger partial charge in [0.2, 0.25) is 0 Å². The number of halogens is 2. The summed E-state index contributed by atoms with van der Waals surface area (Å²) in [4.78, 5) is 0. The number of ether oxygens (including phenoxy) is 1. The van der Waals surface area contributed by atoms with E-state index in [2.05, 4.69) is 0 Å². The molecule has 0 saturated heterocycles. The van der Waals surface area contributed by atoms with Crippen LogP contribution in [0.15, 0.2) is 66.8 Å². The van der Waals surface area contributed by atoms with E-state index in [1.54, 1.807) is 24.8 Å². The van der Waals surface area contributed by atoms with Crippen LogP contribution in [0.2, 0.25) is 10.0 Å². The summed E-state index contributed by atoms with van der Waals surface area (Å²) in [6, 6.07) is 15.2. The fourth-order valence-electron chi connectivity index (χ4n) is 2.20. The summed E-state index contributed by atoms with van der Waals surface area (Å²) in [6.45, 7) is 2.12. The minimum atomic E-state index is -0.380. The number of nitrogens with zero attached hydrogens (tertiary/aromatic N) is 1. The molecule has 0 spiro atoms. The molecule has 2 aromatic rings. The maximum Gasteiger partial charge on any atom is 0.190 e. The highest BCUT2D eigenvalue weighted by molar-refractivity contribution is 6.31. The van der Waals surface area contributed by atoms with Crippen molar-refractivity contribution in [1.29, 1.82) is 0 Å². The molecule has 130 valence electrons. The van der Waals surface area contributed by atoms with E-state index in [1.165, 1.54) is 6.20 Å². The largest absolute Gasteiger partial charge is 0.610 e. The molecule has 0 aliphatic carbocycles. The highest BCUT2D eigenvalue weighted by Gasteiger charge is 2.06. The first-order chi connectivity index (χ1) is 12.0. The predicted molar refractivity (Wildman–Crippen MR) is 102 cm³/mol. The van der Waals surface area contributed by atoms with Gasteiger partial charge in [-0.1, -0.05) is 54.4 Å². The smallest absolute Gasteiger partial charge is 0.190 e. The van der Waals surface area contributed by atoms with Gasteiger partial charge in [-0.2, -0.15) is 0 Å². The maximum atomic E-state index is 11.5. The molecule has 0 heterocycles. The molecule has 0 saturated carbocycles. The van der Waals surface area contributed by atoms with Crippen LogP contribution in [-0.2, 0) is 4.74 Å². The molecule has 0 bridgehead atoms. The van der Waals surface area contributed by atoms with Gasteiger partial charge in [-0.05, 0) is 47.6 Å². The third-order valence-electron chi connectivity index (χ3n) is 3.38. The van der Waals surface area contributed by atoms with Crippen LogP contribution in [0.25, 0.3) is 5.57 Å². The number of hydrogen-bond donors (Lipinski definition) is 0. The summed E-state index contributed by atoms with van der Waals surface area (Å²) in [5.41, 5.74) is 3.00. The number of rotatable bonds is 6. The molecule has 5 heteroatoms. The quantitative estimate of drug-likeness (QED) is 0.427.